The third kappa shape index (κ3) is 2.20. The zero-order valence-electron chi connectivity index (χ0n) is 8.50. The molecule has 0 radical (unpaired) electrons. The Bertz CT molecular complexity index is 345. The summed E-state index contributed by atoms with van der Waals surface area (Å²) in [5, 5.41) is 0.653. The number of hydrogen-bond donors (Lipinski definition) is 0. The molecule has 0 aliphatic rings. The monoisotopic (exact) mass is 212 g/mol. The van der Waals surface area contributed by atoms with Gasteiger partial charge >= 0.3 is 0 Å². The van der Waals surface area contributed by atoms with Crippen LogP contribution >= 0.6 is 11.6 Å². The summed E-state index contributed by atoms with van der Waals surface area (Å²) < 4.78 is 10.3. The van der Waals surface area contributed by atoms with Gasteiger partial charge in [0.05, 0.1) is 19.2 Å². The van der Waals surface area contributed by atoms with Crippen molar-refractivity contribution in [3.05, 3.63) is 28.8 Å². The Morgan fingerprint density at radius 2 is 1.71 bits per heavy atom. The van der Waals surface area contributed by atoms with Crippen LogP contribution in [0.25, 0.3) is 6.08 Å². The standard InChI is InChI=1S/C11H13ClO2/c1-4-5-8-6-10(13-2)11(14-3)7-9(8)12/h4-7H,1-3H3/b5-4+. The van der Waals surface area contributed by atoms with E-state index in [1.807, 2.05) is 25.1 Å². The lowest BCUT2D eigenvalue weighted by Crippen LogP contribution is -1.91. The van der Waals surface area contributed by atoms with Crippen molar-refractivity contribution in [3.63, 3.8) is 0 Å². The molecule has 0 aliphatic carbocycles. The first-order valence-corrected chi connectivity index (χ1v) is 4.65. The lowest BCUT2D eigenvalue weighted by molar-refractivity contribution is 0.355. The van der Waals surface area contributed by atoms with Gasteiger partial charge in [0.1, 0.15) is 0 Å². The Labute approximate surface area is 89.1 Å². The highest BCUT2D eigenvalue weighted by Gasteiger charge is 2.07. The lowest BCUT2D eigenvalue weighted by Gasteiger charge is -2.09. The van der Waals surface area contributed by atoms with Crippen LogP contribution in [0.15, 0.2) is 18.2 Å². The number of methoxy groups -OCH3 is 2. The van der Waals surface area contributed by atoms with Gasteiger partial charge in [-0.15, -0.1) is 0 Å². The molecule has 0 amide bonds. The van der Waals surface area contributed by atoms with Crippen molar-refractivity contribution in [1.29, 1.82) is 0 Å². The van der Waals surface area contributed by atoms with Crippen LogP contribution in [0.5, 0.6) is 11.5 Å². The van der Waals surface area contributed by atoms with Crippen molar-refractivity contribution >= 4 is 17.7 Å². The van der Waals surface area contributed by atoms with Gasteiger partial charge in [-0.2, -0.15) is 0 Å². The summed E-state index contributed by atoms with van der Waals surface area (Å²) in [6.07, 6.45) is 3.84. The molecule has 0 spiro atoms. The summed E-state index contributed by atoms with van der Waals surface area (Å²) in [4.78, 5) is 0. The molecule has 0 N–H and O–H groups in total. The van der Waals surface area contributed by atoms with Gasteiger partial charge in [0.25, 0.3) is 0 Å². The molecular weight excluding hydrogens is 200 g/mol. The first kappa shape index (κ1) is 10.9. The van der Waals surface area contributed by atoms with E-state index in [4.69, 9.17) is 21.1 Å². The van der Waals surface area contributed by atoms with Gasteiger partial charge in [0.15, 0.2) is 11.5 Å². The van der Waals surface area contributed by atoms with Crippen LogP contribution in [0, 0.1) is 0 Å². The molecule has 0 fully saturated rings. The molecule has 0 bridgehead atoms. The fourth-order valence-electron chi connectivity index (χ4n) is 1.18. The maximum absolute atomic E-state index is 6.03. The molecule has 1 aromatic rings. The molecule has 0 aliphatic heterocycles. The minimum Gasteiger partial charge on any atom is -0.493 e. The first-order valence-electron chi connectivity index (χ1n) is 4.27. The average Bonchev–Trinajstić information content (AvgIpc) is 2.20. The Balaban J connectivity index is 3.23. The fraction of sp³-hybridized carbons (Fsp3) is 0.273. The Morgan fingerprint density at radius 3 is 2.21 bits per heavy atom. The number of halogens is 1. The molecule has 0 unspecified atom stereocenters. The number of ether oxygens (including phenoxy) is 2. The molecule has 1 aromatic carbocycles. The maximum atomic E-state index is 6.03. The van der Waals surface area contributed by atoms with E-state index in [2.05, 4.69) is 0 Å². The van der Waals surface area contributed by atoms with Crippen LogP contribution < -0.4 is 9.47 Å². The summed E-state index contributed by atoms with van der Waals surface area (Å²) >= 11 is 6.03. The Kier molecular flexibility index (Phi) is 3.84. The normalized spacial score (nSPS) is 10.6. The molecule has 0 saturated carbocycles. The molecule has 0 saturated heterocycles. The smallest absolute Gasteiger partial charge is 0.162 e. The van der Waals surface area contributed by atoms with Crippen molar-refractivity contribution in [2.45, 2.75) is 6.92 Å². The van der Waals surface area contributed by atoms with Crippen molar-refractivity contribution in [2.75, 3.05) is 14.2 Å². The van der Waals surface area contributed by atoms with Gasteiger partial charge in [-0.3, -0.25) is 0 Å². The highest BCUT2D eigenvalue weighted by atomic mass is 35.5. The highest BCUT2D eigenvalue weighted by Crippen LogP contribution is 2.33. The predicted octanol–water partition coefficient (Wildman–Crippen LogP) is 3.39. The number of allylic oxidation sites excluding steroid dienone is 1. The van der Waals surface area contributed by atoms with Crippen molar-refractivity contribution < 1.29 is 9.47 Å². The van der Waals surface area contributed by atoms with Crippen molar-refractivity contribution in [2.24, 2.45) is 0 Å². The van der Waals surface area contributed by atoms with E-state index >= 15 is 0 Å². The number of benzene rings is 1. The summed E-state index contributed by atoms with van der Waals surface area (Å²) in [7, 11) is 3.19. The zero-order chi connectivity index (χ0) is 10.6. The van der Waals surface area contributed by atoms with Gasteiger partial charge < -0.3 is 9.47 Å². The van der Waals surface area contributed by atoms with Gasteiger partial charge in [0, 0.05) is 6.07 Å². The quantitative estimate of drug-likeness (QED) is 0.765. The lowest BCUT2D eigenvalue weighted by atomic mass is 10.2. The molecule has 2 nitrogen and oxygen atoms in total. The minimum absolute atomic E-state index is 0.644. The average molecular weight is 213 g/mol. The summed E-state index contributed by atoms with van der Waals surface area (Å²) in [5.74, 6) is 1.33. The molecule has 1 rings (SSSR count). The van der Waals surface area contributed by atoms with E-state index in [1.165, 1.54) is 0 Å². The van der Waals surface area contributed by atoms with Crippen LogP contribution in [0.2, 0.25) is 5.02 Å². The van der Waals surface area contributed by atoms with Crippen LogP contribution in [0.1, 0.15) is 12.5 Å². The van der Waals surface area contributed by atoms with E-state index in [0.29, 0.717) is 16.5 Å². The van der Waals surface area contributed by atoms with Crippen molar-refractivity contribution in [3.8, 4) is 11.5 Å². The van der Waals surface area contributed by atoms with E-state index in [1.54, 1.807) is 20.3 Å². The second-order valence-corrected chi connectivity index (χ2v) is 3.14. The second kappa shape index (κ2) is 4.91. The largest absolute Gasteiger partial charge is 0.493 e. The number of hydrogen-bond acceptors (Lipinski definition) is 2. The molecule has 14 heavy (non-hydrogen) atoms. The van der Waals surface area contributed by atoms with E-state index < -0.39 is 0 Å². The molecule has 0 aromatic heterocycles. The van der Waals surface area contributed by atoms with Crippen molar-refractivity contribution in [1.82, 2.24) is 0 Å². The van der Waals surface area contributed by atoms with E-state index in [-0.39, 0.29) is 0 Å². The van der Waals surface area contributed by atoms with Crippen LogP contribution in [-0.4, -0.2) is 14.2 Å². The van der Waals surface area contributed by atoms with E-state index in [0.717, 1.165) is 5.56 Å². The predicted molar refractivity (Wildman–Crippen MR) is 59.3 cm³/mol. The summed E-state index contributed by atoms with van der Waals surface area (Å²) in [6, 6.07) is 3.59. The molecule has 0 heterocycles. The Hall–Kier alpha value is -1.15. The summed E-state index contributed by atoms with van der Waals surface area (Å²) in [5.41, 5.74) is 0.923. The summed E-state index contributed by atoms with van der Waals surface area (Å²) in [6.45, 7) is 1.94. The van der Waals surface area contributed by atoms with Gasteiger partial charge in [-0.25, -0.2) is 0 Å². The number of rotatable bonds is 3. The van der Waals surface area contributed by atoms with Crippen LogP contribution in [0.3, 0.4) is 0 Å². The van der Waals surface area contributed by atoms with Gasteiger partial charge in [0.2, 0.25) is 0 Å². The minimum atomic E-state index is 0.644. The van der Waals surface area contributed by atoms with E-state index in [9.17, 15) is 0 Å². The maximum Gasteiger partial charge on any atom is 0.162 e. The third-order valence-corrected chi connectivity index (χ3v) is 2.18. The zero-order valence-corrected chi connectivity index (χ0v) is 9.26. The topological polar surface area (TPSA) is 18.5 Å². The van der Waals surface area contributed by atoms with Gasteiger partial charge in [-0.05, 0) is 18.6 Å². The molecule has 76 valence electrons. The SMILES string of the molecule is C/C=C/c1cc(OC)c(OC)cc1Cl. The Morgan fingerprint density at radius 1 is 1.14 bits per heavy atom. The molecular formula is C11H13ClO2. The molecule has 3 heteroatoms. The highest BCUT2D eigenvalue weighted by molar-refractivity contribution is 6.32. The van der Waals surface area contributed by atoms with Crippen LogP contribution in [0.4, 0.5) is 0 Å². The second-order valence-electron chi connectivity index (χ2n) is 2.73. The van der Waals surface area contributed by atoms with Gasteiger partial charge in [-0.1, -0.05) is 23.8 Å². The first-order chi connectivity index (χ1) is 6.72. The van der Waals surface area contributed by atoms with Crippen LogP contribution in [-0.2, 0) is 0 Å². The fourth-order valence-corrected chi connectivity index (χ4v) is 1.39. The third-order valence-electron chi connectivity index (χ3n) is 1.85. The molecule has 0 atom stereocenters.